The van der Waals surface area contributed by atoms with Gasteiger partial charge in [0.05, 0.1) is 0 Å². The van der Waals surface area contributed by atoms with E-state index in [-0.39, 0.29) is 11.5 Å². The van der Waals surface area contributed by atoms with Gasteiger partial charge in [-0.3, -0.25) is 0 Å². The van der Waals surface area contributed by atoms with Gasteiger partial charge >= 0.3 is 0 Å². The van der Waals surface area contributed by atoms with Crippen molar-refractivity contribution in [3.63, 3.8) is 0 Å². The number of hydrogen-bond acceptors (Lipinski definition) is 3. The molecule has 0 amide bonds. The largest absolute Gasteiger partial charge is 0.504 e. The molecule has 1 fully saturated rings. The van der Waals surface area contributed by atoms with Crippen LogP contribution in [0.25, 0.3) is 0 Å². The minimum absolute atomic E-state index is 0.0209. The molecule has 3 rings (SSSR count). The number of rotatable bonds is 1. The fraction of sp³-hybridized carbons (Fsp3) is 0.571. The molecule has 0 saturated carbocycles. The van der Waals surface area contributed by atoms with E-state index in [2.05, 4.69) is 11.8 Å². The lowest BCUT2D eigenvalue weighted by Gasteiger charge is -2.33. The van der Waals surface area contributed by atoms with Crippen LogP contribution in [0.3, 0.4) is 0 Å². The number of aromatic hydroxyl groups is 2. The summed E-state index contributed by atoms with van der Waals surface area (Å²) in [6, 6.07) is 4.27. The summed E-state index contributed by atoms with van der Waals surface area (Å²) in [4.78, 5) is 2.54. The van der Waals surface area contributed by atoms with Gasteiger partial charge in [0.2, 0.25) is 0 Å². The smallest absolute Gasteiger partial charge is 0.160 e. The summed E-state index contributed by atoms with van der Waals surface area (Å²) in [6.45, 7) is 4.49. The zero-order chi connectivity index (χ0) is 12.0. The zero-order valence-corrected chi connectivity index (χ0v) is 10.2. The molecular weight excluding hydrogens is 214 g/mol. The van der Waals surface area contributed by atoms with Crippen molar-refractivity contribution in [1.29, 1.82) is 0 Å². The molecule has 1 aromatic carbocycles. The Hall–Kier alpha value is -1.22. The molecule has 17 heavy (non-hydrogen) atoms. The third-order valence-electron chi connectivity index (χ3n) is 4.45. The number of phenolic OH excluding ortho intramolecular Hbond substituents is 2. The number of likely N-dealkylation sites (tertiary alicyclic amines) is 1. The number of likely N-dealkylation sites (N-methyl/N-ethyl adjacent to an activating group) is 1. The van der Waals surface area contributed by atoms with E-state index in [1.165, 1.54) is 12.0 Å². The molecule has 1 aromatic rings. The maximum atomic E-state index is 9.92. The van der Waals surface area contributed by atoms with Crippen LogP contribution < -0.4 is 0 Å². The Kier molecular flexibility index (Phi) is 2.51. The molecule has 0 spiro atoms. The van der Waals surface area contributed by atoms with Crippen LogP contribution in [-0.4, -0.2) is 34.2 Å². The fourth-order valence-electron chi connectivity index (χ4n) is 3.60. The Morgan fingerprint density at radius 3 is 2.88 bits per heavy atom. The molecular formula is C14H19NO2. The topological polar surface area (TPSA) is 43.7 Å². The van der Waals surface area contributed by atoms with Gasteiger partial charge < -0.3 is 15.1 Å². The van der Waals surface area contributed by atoms with Gasteiger partial charge in [0.1, 0.15) is 0 Å². The first-order valence-corrected chi connectivity index (χ1v) is 6.50. The summed E-state index contributed by atoms with van der Waals surface area (Å²) < 4.78 is 0. The molecule has 2 atom stereocenters. The fourth-order valence-corrected chi connectivity index (χ4v) is 3.60. The second kappa shape index (κ2) is 3.91. The maximum absolute atomic E-state index is 9.92. The van der Waals surface area contributed by atoms with Crippen LogP contribution in [0.2, 0.25) is 0 Å². The number of phenols is 2. The lowest BCUT2D eigenvalue weighted by molar-refractivity contribution is 0.237. The summed E-state index contributed by atoms with van der Waals surface area (Å²) in [7, 11) is 0. The van der Waals surface area contributed by atoms with Crippen molar-refractivity contribution in [3.8, 4) is 11.5 Å². The highest BCUT2D eigenvalue weighted by molar-refractivity contribution is 5.52. The van der Waals surface area contributed by atoms with Gasteiger partial charge in [-0.2, -0.15) is 0 Å². The molecule has 92 valence electrons. The predicted octanol–water partition coefficient (Wildman–Crippen LogP) is 2.22. The van der Waals surface area contributed by atoms with Crippen molar-refractivity contribution in [2.45, 2.75) is 38.1 Å². The maximum Gasteiger partial charge on any atom is 0.160 e. The van der Waals surface area contributed by atoms with Gasteiger partial charge in [-0.25, -0.2) is 0 Å². The van der Waals surface area contributed by atoms with Crippen molar-refractivity contribution in [2.24, 2.45) is 0 Å². The summed E-state index contributed by atoms with van der Waals surface area (Å²) >= 11 is 0. The van der Waals surface area contributed by atoms with Gasteiger partial charge in [-0.1, -0.05) is 13.0 Å². The second-order valence-electron chi connectivity index (χ2n) is 5.13. The molecule has 2 aliphatic rings. The molecule has 1 aliphatic heterocycles. The molecule has 1 saturated heterocycles. The Labute approximate surface area is 102 Å². The minimum Gasteiger partial charge on any atom is -0.504 e. The first-order valence-electron chi connectivity index (χ1n) is 6.50. The molecule has 1 heterocycles. The number of nitrogens with zero attached hydrogens (tertiary/aromatic N) is 1. The van der Waals surface area contributed by atoms with Crippen LogP contribution in [0, 0.1) is 0 Å². The number of hydrogen-bond donors (Lipinski definition) is 2. The monoisotopic (exact) mass is 233 g/mol. The normalized spacial score (nSPS) is 27.8. The van der Waals surface area contributed by atoms with E-state index >= 15 is 0 Å². The van der Waals surface area contributed by atoms with Gasteiger partial charge in [-0.05, 0) is 44.0 Å². The van der Waals surface area contributed by atoms with Crippen molar-refractivity contribution in [1.82, 2.24) is 4.90 Å². The average molecular weight is 233 g/mol. The highest BCUT2D eigenvalue weighted by atomic mass is 16.3. The molecule has 0 unspecified atom stereocenters. The molecule has 0 bridgehead atoms. The molecule has 3 nitrogen and oxygen atoms in total. The Morgan fingerprint density at radius 1 is 1.29 bits per heavy atom. The third-order valence-corrected chi connectivity index (χ3v) is 4.45. The zero-order valence-electron chi connectivity index (χ0n) is 10.2. The predicted molar refractivity (Wildman–Crippen MR) is 66.5 cm³/mol. The van der Waals surface area contributed by atoms with Crippen LogP contribution in [0.4, 0.5) is 0 Å². The Morgan fingerprint density at radius 2 is 2.12 bits per heavy atom. The summed E-state index contributed by atoms with van der Waals surface area (Å²) in [5.41, 5.74) is 2.23. The van der Waals surface area contributed by atoms with Gasteiger partial charge in [0.15, 0.2) is 11.5 Å². The van der Waals surface area contributed by atoms with Crippen molar-refractivity contribution >= 4 is 0 Å². The van der Waals surface area contributed by atoms with Crippen LogP contribution in [0.1, 0.15) is 36.8 Å². The van der Waals surface area contributed by atoms with Crippen LogP contribution in [0.5, 0.6) is 11.5 Å². The van der Waals surface area contributed by atoms with Crippen molar-refractivity contribution in [2.75, 3.05) is 13.1 Å². The molecule has 1 aliphatic carbocycles. The van der Waals surface area contributed by atoms with Crippen LogP contribution >= 0.6 is 0 Å². The van der Waals surface area contributed by atoms with E-state index in [9.17, 15) is 10.2 Å². The highest BCUT2D eigenvalue weighted by Gasteiger charge is 2.38. The van der Waals surface area contributed by atoms with Crippen molar-refractivity contribution in [3.05, 3.63) is 23.3 Å². The Bertz CT molecular complexity index is 444. The standard InChI is InChI=1S/C14H19NO2/c1-2-15-8-7-10-9-4-6-13(16)14(17)11(9)3-5-12(10)15/h4,6,10,12,16-17H,2-3,5,7-8H2,1H3/t10-,12-/m0/s1. The van der Waals surface area contributed by atoms with E-state index < -0.39 is 0 Å². The second-order valence-corrected chi connectivity index (χ2v) is 5.13. The summed E-state index contributed by atoms with van der Waals surface area (Å²) in [5, 5.41) is 19.5. The van der Waals surface area contributed by atoms with E-state index in [1.54, 1.807) is 6.07 Å². The Balaban J connectivity index is 2.02. The molecule has 2 N–H and O–H groups in total. The van der Waals surface area contributed by atoms with Crippen LogP contribution in [-0.2, 0) is 6.42 Å². The van der Waals surface area contributed by atoms with E-state index in [0.29, 0.717) is 12.0 Å². The SMILES string of the molecule is CCN1CC[C@H]2c3ccc(O)c(O)c3CC[C@@H]21. The van der Waals surface area contributed by atoms with E-state index in [1.807, 2.05) is 6.07 Å². The summed E-state index contributed by atoms with van der Waals surface area (Å²) in [6.07, 6.45) is 3.16. The molecule has 0 radical (unpaired) electrons. The first-order chi connectivity index (χ1) is 8.22. The first kappa shape index (κ1) is 10.9. The van der Waals surface area contributed by atoms with E-state index in [4.69, 9.17) is 0 Å². The average Bonchev–Trinajstić information content (AvgIpc) is 2.76. The molecule has 0 aromatic heterocycles. The highest BCUT2D eigenvalue weighted by Crippen LogP contribution is 2.46. The van der Waals surface area contributed by atoms with Crippen molar-refractivity contribution < 1.29 is 10.2 Å². The van der Waals surface area contributed by atoms with Gasteiger partial charge in [0.25, 0.3) is 0 Å². The minimum atomic E-state index is 0.0209. The van der Waals surface area contributed by atoms with E-state index in [0.717, 1.165) is 31.5 Å². The lowest BCUT2D eigenvalue weighted by Crippen LogP contribution is -2.34. The van der Waals surface area contributed by atoms with Crippen LogP contribution in [0.15, 0.2) is 12.1 Å². The third kappa shape index (κ3) is 1.53. The number of fused-ring (bicyclic) bond motifs is 3. The van der Waals surface area contributed by atoms with Gasteiger partial charge in [0, 0.05) is 17.5 Å². The van der Waals surface area contributed by atoms with Gasteiger partial charge in [-0.15, -0.1) is 0 Å². The lowest BCUT2D eigenvalue weighted by atomic mass is 9.79. The number of benzene rings is 1. The quantitative estimate of drug-likeness (QED) is 0.731. The summed E-state index contributed by atoms with van der Waals surface area (Å²) in [5.74, 6) is 0.675. The molecule has 3 heteroatoms.